The molecule has 0 spiro atoms. The highest BCUT2D eigenvalue weighted by atomic mass is 16.6. The van der Waals surface area contributed by atoms with Crippen molar-refractivity contribution in [1.29, 1.82) is 0 Å². The highest BCUT2D eigenvalue weighted by molar-refractivity contribution is 5.92. The van der Waals surface area contributed by atoms with Gasteiger partial charge >= 0.3 is 5.97 Å². The molecule has 186 valence electrons. The van der Waals surface area contributed by atoms with Gasteiger partial charge in [-0.15, -0.1) is 0 Å². The standard InChI is InChI=1S/C33H37NO2/c1-33(2,3)36-32(35)28-16-9-8-14-26(28)24-20-18-23(19-21-24)22-29-27-15-10-11-17-30(27)34(4)31(29)25-12-6-5-7-13-25/h5-7,10-13,15,17-21,26,28H,8-9,14,16,22H2,1-4H3/t26-,28+/m0/s1. The number of para-hydroxylation sites is 1. The van der Waals surface area contributed by atoms with E-state index in [-0.39, 0.29) is 17.8 Å². The van der Waals surface area contributed by atoms with Gasteiger partial charge in [0.1, 0.15) is 5.60 Å². The van der Waals surface area contributed by atoms with Crippen LogP contribution in [0.4, 0.5) is 0 Å². The van der Waals surface area contributed by atoms with Crippen molar-refractivity contribution in [3.63, 3.8) is 0 Å². The van der Waals surface area contributed by atoms with E-state index >= 15 is 0 Å². The van der Waals surface area contributed by atoms with Gasteiger partial charge in [0.25, 0.3) is 0 Å². The molecule has 0 aliphatic heterocycles. The average Bonchev–Trinajstić information content (AvgIpc) is 3.15. The second-order valence-electron chi connectivity index (χ2n) is 11.2. The Kier molecular flexibility index (Phi) is 6.75. The van der Waals surface area contributed by atoms with Crippen LogP contribution in [0.1, 0.15) is 69.1 Å². The van der Waals surface area contributed by atoms with E-state index in [0.717, 1.165) is 25.7 Å². The predicted molar refractivity (Wildman–Crippen MR) is 148 cm³/mol. The first kappa shape index (κ1) is 24.4. The molecule has 0 radical (unpaired) electrons. The van der Waals surface area contributed by atoms with Crippen molar-refractivity contribution in [3.05, 3.63) is 95.6 Å². The Balaban J connectivity index is 1.44. The molecule has 0 N–H and O–H groups in total. The molecule has 2 atom stereocenters. The Bertz CT molecular complexity index is 1340. The maximum atomic E-state index is 13.0. The zero-order valence-corrected chi connectivity index (χ0v) is 22.0. The molecule has 1 aromatic heterocycles. The summed E-state index contributed by atoms with van der Waals surface area (Å²) in [6.07, 6.45) is 5.10. The van der Waals surface area contributed by atoms with Crippen LogP contribution in [0.25, 0.3) is 22.2 Å². The van der Waals surface area contributed by atoms with E-state index in [4.69, 9.17) is 4.74 Å². The first-order chi connectivity index (χ1) is 17.3. The number of carbonyl (C=O) groups is 1. The molecular formula is C33H37NO2. The second kappa shape index (κ2) is 9.97. The van der Waals surface area contributed by atoms with Crippen LogP contribution in [0.2, 0.25) is 0 Å². The molecule has 0 unspecified atom stereocenters. The van der Waals surface area contributed by atoms with Crippen molar-refractivity contribution in [2.75, 3.05) is 0 Å². The zero-order chi connectivity index (χ0) is 25.3. The normalized spacial score (nSPS) is 18.3. The van der Waals surface area contributed by atoms with E-state index < -0.39 is 5.60 Å². The van der Waals surface area contributed by atoms with E-state index in [0.29, 0.717) is 0 Å². The van der Waals surface area contributed by atoms with Crippen LogP contribution in [-0.2, 0) is 23.0 Å². The van der Waals surface area contributed by atoms with Gasteiger partial charge in [-0.3, -0.25) is 4.79 Å². The van der Waals surface area contributed by atoms with Gasteiger partial charge in [0, 0.05) is 24.4 Å². The lowest BCUT2D eigenvalue weighted by Crippen LogP contribution is -2.33. The van der Waals surface area contributed by atoms with Crippen LogP contribution in [0.5, 0.6) is 0 Å². The molecule has 1 fully saturated rings. The minimum absolute atomic E-state index is 0.0421. The van der Waals surface area contributed by atoms with Crippen molar-refractivity contribution >= 4 is 16.9 Å². The number of benzene rings is 3. The van der Waals surface area contributed by atoms with E-state index in [1.165, 1.54) is 45.3 Å². The molecule has 1 aliphatic rings. The quantitative estimate of drug-likeness (QED) is 0.271. The first-order valence-electron chi connectivity index (χ1n) is 13.3. The Hall–Kier alpha value is -3.33. The van der Waals surface area contributed by atoms with Gasteiger partial charge in [-0.2, -0.15) is 0 Å². The summed E-state index contributed by atoms with van der Waals surface area (Å²) in [5, 5.41) is 1.31. The van der Waals surface area contributed by atoms with Gasteiger partial charge in [0.15, 0.2) is 0 Å². The van der Waals surface area contributed by atoms with Crippen molar-refractivity contribution in [1.82, 2.24) is 4.57 Å². The highest BCUT2D eigenvalue weighted by Crippen LogP contribution is 2.40. The summed E-state index contributed by atoms with van der Waals surface area (Å²) in [4.78, 5) is 13.0. The Morgan fingerprint density at radius 2 is 1.56 bits per heavy atom. The van der Waals surface area contributed by atoms with Gasteiger partial charge in [-0.1, -0.05) is 85.6 Å². The smallest absolute Gasteiger partial charge is 0.310 e. The molecule has 0 amide bonds. The van der Waals surface area contributed by atoms with Gasteiger partial charge in [-0.25, -0.2) is 0 Å². The number of nitrogens with zero attached hydrogens (tertiary/aromatic N) is 1. The number of ether oxygens (including phenoxy) is 1. The fraction of sp³-hybridized carbons (Fsp3) is 0.364. The first-order valence-corrected chi connectivity index (χ1v) is 13.3. The maximum Gasteiger partial charge on any atom is 0.310 e. The minimum atomic E-state index is -0.447. The monoisotopic (exact) mass is 479 g/mol. The van der Waals surface area contributed by atoms with Crippen molar-refractivity contribution in [2.24, 2.45) is 13.0 Å². The maximum absolute atomic E-state index is 13.0. The summed E-state index contributed by atoms with van der Waals surface area (Å²) in [6.45, 7) is 5.86. The third kappa shape index (κ3) is 4.97. The Labute approximate surface area is 215 Å². The predicted octanol–water partition coefficient (Wildman–Crippen LogP) is 8.05. The van der Waals surface area contributed by atoms with Crippen molar-refractivity contribution < 1.29 is 9.53 Å². The fourth-order valence-electron chi connectivity index (χ4n) is 5.89. The lowest BCUT2D eigenvalue weighted by molar-refractivity contribution is -0.161. The van der Waals surface area contributed by atoms with Crippen LogP contribution in [0.15, 0.2) is 78.9 Å². The Morgan fingerprint density at radius 1 is 0.889 bits per heavy atom. The summed E-state index contributed by atoms with van der Waals surface area (Å²) in [6, 6.07) is 28.4. The minimum Gasteiger partial charge on any atom is -0.460 e. The number of aromatic nitrogens is 1. The highest BCUT2D eigenvalue weighted by Gasteiger charge is 2.35. The van der Waals surface area contributed by atoms with Gasteiger partial charge in [0.05, 0.1) is 11.6 Å². The summed E-state index contributed by atoms with van der Waals surface area (Å²) in [5.41, 5.74) is 7.23. The number of hydrogen-bond donors (Lipinski definition) is 0. The van der Waals surface area contributed by atoms with E-state index in [2.05, 4.69) is 90.5 Å². The molecular weight excluding hydrogens is 442 g/mol. The third-order valence-corrected chi connectivity index (χ3v) is 7.52. The lowest BCUT2D eigenvalue weighted by atomic mass is 9.75. The van der Waals surface area contributed by atoms with Crippen LogP contribution in [0, 0.1) is 5.92 Å². The third-order valence-electron chi connectivity index (χ3n) is 7.52. The molecule has 0 bridgehead atoms. The van der Waals surface area contributed by atoms with Crippen molar-refractivity contribution in [3.8, 4) is 11.3 Å². The van der Waals surface area contributed by atoms with Crippen molar-refractivity contribution in [2.45, 2.75) is 64.4 Å². The van der Waals surface area contributed by atoms with Gasteiger partial charge in [-0.05, 0) is 67.9 Å². The van der Waals surface area contributed by atoms with Crippen LogP contribution in [-0.4, -0.2) is 16.1 Å². The molecule has 1 aliphatic carbocycles. The topological polar surface area (TPSA) is 31.2 Å². The van der Waals surface area contributed by atoms with Crippen LogP contribution >= 0.6 is 0 Å². The number of hydrogen-bond acceptors (Lipinski definition) is 2. The van der Waals surface area contributed by atoms with Gasteiger partial charge < -0.3 is 9.30 Å². The number of aryl methyl sites for hydroxylation is 1. The number of rotatable bonds is 5. The Morgan fingerprint density at radius 3 is 2.28 bits per heavy atom. The molecule has 36 heavy (non-hydrogen) atoms. The second-order valence-corrected chi connectivity index (χ2v) is 11.2. The number of esters is 1. The zero-order valence-electron chi connectivity index (χ0n) is 22.0. The van der Waals surface area contributed by atoms with Crippen LogP contribution in [0.3, 0.4) is 0 Å². The van der Waals surface area contributed by atoms with Crippen LogP contribution < -0.4 is 0 Å². The molecule has 3 aromatic carbocycles. The molecule has 3 nitrogen and oxygen atoms in total. The molecule has 3 heteroatoms. The van der Waals surface area contributed by atoms with Gasteiger partial charge in [0.2, 0.25) is 0 Å². The SMILES string of the molecule is Cn1c(-c2ccccc2)c(Cc2ccc([C@@H]3CCCC[C@H]3C(=O)OC(C)(C)C)cc2)c2ccccc21. The summed E-state index contributed by atoms with van der Waals surface area (Å²) in [7, 11) is 2.16. The summed E-state index contributed by atoms with van der Waals surface area (Å²) >= 11 is 0. The largest absolute Gasteiger partial charge is 0.460 e. The lowest BCUT2D eigenvalue weighted by Gasteiger charge is -2.32. The van der Waals surface area contributed by atoms with E-state index in [1.54, 1.807) is 0 Å². The number of carbonyl (C=O) groups excluding carboxylic acids is 1. The summed E-state index contributed by atoms with van der Waals surface area (Å²) < 4.78 is 8.11. The molecule has 4 aromatic rings. The summed E-state index contributed by atoms with van der Waals surface area (Å²) in [5.74, 6) is 0.145. The average molecular weight is 480 g/mol. The molecule has 5 rings (SSSR count). The van der Waals surface area contributed by atoms with E-state index in [9.17, 15) is 4.79 Å². The fourth-order valence-corrected chi connectivity index (χ4v) is 5.89. The number of fused-ring (bicyclic) bond motifs is 1. The van der Waals surface area contributed by atoms with E-state index in [1.807, 2.05) is 20.8 Å². The molecule has 1 heterocycles. The molecule has 1 saturated carbocycles. The molecule has 0 saturated heterocycles.